The molecule has 0 aliphatic rings. The van der Waals surface area contributed by atoms with Crippen LogP contribution < -0.4 is 5.32 Å². The van der Waals surface area contributed by atoms with Crippen molar-refractivity contribution in [2.45, 2.75) is 39.3 Å². The number of nitrogens with one attached hydrogen (secondary N) is 1. The van der Waals surface area contributed by atoms with E-state index in [0.29, 0.717) is 12.0 Å². The molecule has 0 bridgehead atoms. The normalized spacial score (nSPS) is 13.3. The van der Waals surface area contributed by atoms with Gasteiger partial charge in [-0.25, -0.2) is 9.18 Å². The third-order valence-electron chi connectivity index (χ3n) is 3.40. The number of halogens is 1. The third-order valence-corrected chi connectivity index (χ3v) is 3.40. The first-order valence-corrected chi connectivity index (χ1v) is 6.90. The highest BCUT2D eigenvalue weighted by Gasteiger charge is 2.23. The standard InChI is InChI=1S/C15H21FN2O3/c1-4-10(2)18(9-14(19)20)15(21)17-11(3)12-7-5-6-8-13(12)16/h5-8,10-11H,4,9H2,1-3H3,(H,17,21)(H,19,20). The maximum absolute atomic E-state index is 13.7. The number of amides is 2. The number of benzene rings is 1. The Labute approximate surface area is 123 Å². The van der Waals surface area contributed by atoms with E-state index in [1.807, 2.05) is 6.92 Å². The summed E-state index contributed by atoms with van der Waals surface area (Å²) in [6.07, 6.45) is 0.634. The Morgan fingerprint density at radius 3 is 2.48 bits per heavy atom. The minimum Gasteiger partial charge on any atom is -0.480 e. The molecule has 1 aromatic rings. The van der Waals surface area contributed by atoms with Crippen molar-refractivity contribution in [3.05, 3.63) is 35.6 Å². The average molecular weight is 296 g/mol. The van der Waals surface area contributed by atoms with E-state index >= 15 is 0 Å². The summed E-state index contributed by atoms with van der Waals surface area (Å²) >= 11 is 0. The molecule has 0 aliphatic heterocycles. The van der Waals surface area contributed by atoms with Gasteiger partial charge in [0.25, 0.3) is 0 Å². The lowest BCUT2D eigenvalue weighted by Crippen LogP contribution is -2.48. The van der Waals surface area contributed by atoms with Gasteiger partial charge in [-0.05, 0) is 26.3 Å². The summed E-state index contributed by atoms with van der Waals surface area (Å²) < 4.78 is 13.7. The number of urea groups is 1. The number of hydrogen-bond donors (Lipinski definition) is 2. The molecule has 6 heteroatoms. The predicted molar refractivity (Wildman–Crippen MR) is 77.4 cm³/mol. The fourth-order valence-corrected chi connectivity index (χ4v) is 1.97. The molecule has 0 aliphatic carbocycles. The van der Waals surface area contributed by atoms with Crippen LogP contribution in [0.5, 0.6) is 0 Å². The van der Waals surface area contributed by atoms with Gasteiger partial charge in [0.05, 0.1) is 6.04 Å². The van der Waals surface area contributed by atoms with Gasteiger partial charge in [0.1, 0.15) is 12.4 Å². The van der Waals surface area contributed by atoms with Gasteiger partial charge in [-0.3, -0.25) is 4.79 Å². The molecule has 2 amide bonds. The lowest BCUT2D eigenvalue weighted by Gasteiger charge is -2.28. The van der Waals surface area contributed by atoms with E-state index in [0.717, 1.165) is 0 Å². The Morgan fingerprint density at radius 1 is 1.33 bits per heavy atom. The first-order valence-electron chi connectivity index (χ1n) is 6.90. The van der Waals surface area contributed by atoms with Crippen LogP contribution in [0.2, 0.25) is 0 Å². The Balaban J connectivity index is 2.81. The Kier molecular flexibility index (Phi) is 6.14. The minimum atomic E-state index is -1.08. The zero-order valence-electron chi connectivity index (χ0n) is 12.5. The molecule has 2 atom stereocenters. The number of nitrogens with zero attached hydrogens (tertiary/aromatic N) is 1. The van der Waals surface area contributed by atoms with Gasteiger partial charge < -0.3 is 15.3 Å². The number of rotatable bonds is 6. The summed E-state index contributed by atoms with van der Waals surface area (Å²) in [6, 6.07) is 4.90. The van der Waals surface area contributed by atoms with Crippen molar-refractivity contribution < 1.29 is 19.1 Å². The van der Waals surface area contributed by atoms with Gasteiger partial charge in [0, 0.05) is 11.6 Å². The molecule has 1 aromatic carbocycles. The summed E-state index contributed by atoms with van der Waals surface area (Å²) in [5.74, 6) is -1.48. The molecule has 0 radical (unpaired) electrons. The van der Waals surface area contributed by atoms with Crippen LogP contribution in [0.4, 0.5) is 9.18 Å². The maximum atomic E-state index is 13.7. The highest BCUT2D eigenvalue weighted by atomic mass is 19.1. The summed E-state index contributed by atoms with van der Waals surface area (Å²) in [5.41, 5.74) is 0.366. The molecular formula is C15H21FN2O3. The Morgan fingerprint density at radius 2 is 1.95 bits per heavy atom. The largest absolute Gasteiger partial charge is 0.480 e. The van der Waals surface area contributed by atoms with Gasteiger partial charge >= 0.3 is 12.0 Å². The molecule has 0 spiro atoms. The van der Waals surface area contributed by atoms with E-state index < -0.39 is 23.9 Å². The molecule has 21 heavy (non-hydrogen) atoms. The van der Waals surface area contributed by atoms with Crippen LogP contribution >= 0.6 is 0 Å². The number of carboxylic acids is 1. The smallest absolute Gasteiger partial charge is 0.323 e. The highest BCUT2D eigenvalue weighted by Crippen LogP contribution is 2.17. The SMILES string of the molecule is CCC(C)N(CC(=O)O)C(=O)NC(C)c1ccccc1F. The topological polar surface area (TPSA) is 69.6 Å². The molecule has 0 saturated heterocycles. The molecule has 0 fully saturated rings. The molecule has 2 N–H and O–H groups in total. The van der Waals surface area contributed by atoms with E-state index in [1.54, 1.807) is 32.0 Å². The van der Waals surface area contributed by atoms with Gasteiger partial charge in [0.2, 0.25) is 0 Å². The van der Waals surface area contributed by atoms with E-state index in [2.05, 4.69) is 5.32 Å². The number of carboxylic acid groups (broad SMARTS) is 1. The summed E-state index contributed by atoms with van der Waals surface area (Å²) in [5, 5.41) is 11.5. The monoisotopic (exact) mass is 296 g/mol. The maximum Gasteiger partial charge on any atom is 0.323 e. The van der Waals surface area contributed by atoms with Crippen molar-refractivity contribution in [2.75, 3.05) is 6.54 Å². The van der Waals surface area contributed by atoms with Crippen molar-refractivity contribution in [3.8, 4) is 0 Å². The number of hydrogen-bond acceptors (Lipinski definition) is 2. The lowest BCUT2D eigenvalue weighted by atomic mass is 10.1. The van der Waals surface area contributed by atoms with Crippen molar-refractivity contribution in [2.24, 2.45) is 0 Å². The molecule has 0 heterocycles. The predicted octanol–water partition coefficient (Wildman–Crippen LogP) is 2.78. The number of aliphatic carboxylic acids is 1. The summed E-state index contributed by atoms with van der Waals surface area (Å²) in [7, 11) is 0. The van der Waals surface area contributed by atoms with E-state index in [1.165, 1.54) is 11.0 Å². The van der Waals surface area contributed by atoms with Crippen LogP contribution in [-0.4, -0.2) is 34.6 Å². The van der Waals surface area contributed by atoms with Crippen molar-refractivity contribution in [3.63, 3.8) is 0 Å². The fourth-order valence-electron chi connectivity index (χ4n) is 1.97. The zero-order chi connectivity index (χ0) is 16.0. The third kappa shape index (κ3) is 4.73. The van der Waals surface area contributed by atoms with Crippen molar-refractivity contribution >= 4 is 12.0 Å². The number of carbonyl (C=O) groups excluding carboxylic acids is 1. The van der Waals surface area contributed by atoms with E-state index in [4.69, 9.17) is 5.11 Å². The molecule has 0 aromatic heterocycles. The molecule has 1 rings (SSSR count). The van der Waals surface area contributed by atoms with Crippen LogP contribution in [0.25, 0.3) is 0 Å². The molecule has 5 nitrogen and oxygen atoms in total. The average Bonchev–Trinajstić information content (AvgIpc) is 2.43. The van der Waals surface area contributed by atoms with Gasteiger partial charge in [0.15, 0.2) is 0 Å². The van der Waals surface area contributed by atoms with Gasteiger partial charge in [-0.15, -0.1) is 0 Å². The minimum absolute atomic E-state index is 0.214. The van der Waals surface area contributed by atoms with E-state index in [9.17, 15) is 14.0 Å². The van der Waals surface area contributed by atoms with Crippen LogP contribution in [0.15, 0.2) is 24.3 Å². The molecule has 2 unspecified atom stereocenters. The second-order valence-electron chi connectivity index (χ2n) is 4.97. The van der Waals surface area contributed by atoms with E-state index in [-0.39, 0.29) is 12.6 Å². The Hall–Kier alpha value is -2.11. The molecule has 116 valence electrons. The Bertz CT molecular complexity index is 507. The quantitative estimate of drug-likeness (QED) is 0.848. The van der Waals surface area contributed by atoms with Crippen LogP contribution in [0, 0.1) is 5.82 Å². The zero-order valence-corrected chi connectivity index (χ0v) is 12.5. The van der Waals surface area contributed by atoms with Crippen LogP contribution in [-0.2, 0) is 4.79 Å². The molecule has 0 saturated carbocycles. The molecular weight excluding hydrogens is 275 g/mol. The lowest BCUT2D eigenvalue weighted by molar-refractivity contribution is -0.138. The first-order chi connectivity index (χ1) is 9.86. The fraction of sp³-hybridized carbons (Fsp3) is 0.467. The van der Waals surface area contributed by atoms with Gasteiger partial charge in [-0.1, -0.05) is 25.1 Å². The second kappa shape index (κ2) is 7.61. The summed E-state index contributed by atoms with van der Waals surface area (Å²) in [4.78, 5) is 24.3. The van der Waals surface area contributed by atoms with Crippen LogP contribution in [0.3, 0.4) is 0 Å². The van der Waals surface area contributed by atoms with Crippen LogP contribution in [0.1, 0.15) is 38.8 Å². The second-order valence-corrected chi connectivity index (χ2v) is 4.97. The van der Waals surface area contributed by atoms with Gasteiger partial charge in [-0.2, -0.15) is 0 Å². The van der Waals surface area contributed by atoms with Crippen molar-refractivity contribution in [1.29, 1.82) is 0 Å². The van der Waals surface area contributed by atoms with Crippen molar-refractivity contribution in [1.82, 2.24) is 10.2 Å². The first kappa shape index (κ1) is 16.9. The summed E-state index contributed by atoms with van der Waals surface area (Å²) in [6.45, 7) is 4.92. The number of carbonyl (C=O) groups is 2. The highest BCUT2D eigenvalue weighted by molar-refractivity contribution is 5.80.